The predicted molar refractivity (Wildman–Crippen MR) is 131 cm³/mol. The van der Waals surface area contributed by atoms with Crippen molar-refractivity contribution in [1.82, 2.24) is 55.7 Å². The van der Waals surface area contributed by atoms with Gasteiger partial charge in [-0.1, -0.05) is 19.1 Å². The number of carbonyl (C=O) groups excluding carboxylic acids is 2. The molecule has 0 fully saturated rings. The number of nitrogens with zero attached hydrogens (tertiary/aromatic N) is 11. The first kappa shape index (κ1) is 27.7. The van der Waals surface area contributed by atoms with Crippen LogP contribution in [0.4, 0.5) is 0 Å². The molecule has 0 atom stereocenters. The number of hydrogen-bond donors (Lipinski definition) is 1. The fraction of sp³-hybridized carbons (Fsp3) is 0.304. The zero-order valence-corrected chi connectivity index (χ0v) is 20.7. The third-order valence-electron chi connectivity index (χ3n) is 4.55. The first-order chi connectivity index (χ1) is 18.6. The number of ether oxygens (including phenoxy) is 1. The van der Waals surface area contributed by atoms with Gasteiger partial charge in [-0.2, -0.15) is 0 Å². The Kier molecular flexibility index (Phi) is 10.6. The third-order valence-corrected chi connectivity index (χ3v) is 4.55. The Morgan fingerprint density at radius 3 is 1.71 bits per heavy atom. The number of rotatable bonds is 9. The van der Waals surface area contributed by atoms with Gasteiger partial charge in [0.05, 0.1) is 13.2 Å². The molecule has 0 aromatic carbocycles. The van der Waals surface area contributed by atoms with Crippen LogP contribution in [-0.4, -0.2) is 98.9 Å². The molecule has 1 N–H and O–H groups in total. The van der Waals surface area contributed by atoms with E-state index in [1.807, 2.05) is 6.92 Å². The van der Waals surface area contributed by atoms with Crippen molar-refractivity contribution in [2.75, 3.05) is 26.3 Å². The molecule has 15 heteroatoms. The number of esters is 1. The van der Waals surface area contributed by atoms with Crippen LogP contribution >= 0.6 is 0 Å². The van der Waals surface area contributed by atoms with Crippen molar-refractivity contribution < 1.29 is 19.4 Å². The van der Waals surface area contributed by atoms with E-state index in [1.165, 1.54) is 4.90 Å². The smallest absolute Gasteiger partial charge is 0.380 e. The van der Waals surface area contributed by atoms with Crippen LogP contribution in [0.15, 0.2) is 48.8 Å². The van der Waals surface area contributed by atoms with Crippen molar-refractivity contribution in [3.8, 4) is 23.0 Å². The van der Waals surface area contributed by atoms with Crippen LogP contribution in [0.25, 0.3) is 23.0 Å². The minimum Gasteiger partial charge on any atom is -0.460 e. The van der Waals surface area contributed by atoms with E-state index < -0.39 is 11.9 Å². The van der Waals surface area contributed by atoms with Gasteiger partial charge in [-0.15, -0.1) is 40.8 Å². The molecule has 38 heavy (non-hydrogen) atoms. The Morgan fingerprint density at radius 1 is 0.763 bits per heavy atom. The zero-order valence-electron chi connectivity index (χ0n) is 20.7. The maximum absolute atomic E-state index is 12.2. The Labute approximate surface area is 217 Å². The van der Waals surface area contributed by atoms with Gasteiger partial charge in [-0.3, -0.25) is 14.8 Å². The Balaban J connectivity index is 0.000000215. The molecule has 4 aromatic heterocycles. The highest BCUT2D eigenvalue weighted by atomic mass is 16.5. The highest BCUT2D eigenvalue weighted by Gasteiger charge is 2.19. The summed E-state index contributed by atoms with van der Waals surface area (Å²) in [6, 6.07) is 10.6. The molecule has 4 rings (SSSR count). The molecule has 0 aliphatic rings. The van der Waals surface area contributed by atoms with Crippen molar-refractivity contribution in [1.29, 1.82) is 0 Å². The quantitative estimate of drug-likeness (QED) is 0.303. The summed E-state index contributed by atoms with van der Waals surface area (Å²) in [6.07, 6.45) is 4.00. The van der Waals surface area contributed by atoms with Crippen molar-refractivity contribution >= 4 is 11.9 Å². The molecule has 0 bridgehead atoms. The van der Waals surface area contributed by atoms with Gasteiger partial charge in [0, 0.05) is 25.5 Å². The van der Waals surface area contributed by atoms with Gasteiger partial charge < -0.3 is 14.7 Å². The van der Waals surface area contributed by atoms with Crippen LogP contribution in [0, 0.1) is 0 Å². The first-order valence-electron chi connectivity index (χ1n) is 11.6. The molecule has 15 nitrogen and oxygen atoms in total. The molecule has 0 aliphatic carbocycles. The molecule has 0 spiro atoms. The first-order valence-corrected chi connectivity index (χ1v) is 11.6. The molecular formula is C23H25N11O4. The van der Waals surface area contributed by atoms with E-state index in [0.29, 0.717) is 17.9 Å². The fourth-order valence-corrected chi connectivity index (χ4v) is 2.86. The lowest BCUT2D eigenvalue weighted by Gasteiger charge is -2.19. The molecular weight excluding hydrogens is 494 g/mol. The molecule has 0 unspecified atom stereocenters. The summed E-state index contributed by atoms with van der Waals surface area (Å²) >= 11 is 0. The molecule has 1 amide bonds. The van der Waals surface area contributed by atoms with Crippen molar-refractivity contribution in [2.45, 2.75) is 20.3 Å². The molecule has 0 radical (unpaired) electrons. The lowest BCUT2D eigenvalue weighted by Crippen LogP contribution is -2.35. The van der Waals surface area contributed by atoms with Gasteiger partial charge in [-0.25, -0.2) is 4.79 Å². The lowest BCUT2D eigenvalue weighted by molar-refractivity contribution is 0.0508. The number of hydrogen-bond acceptors (Lipinski definition) is 14. The maximum atomic E-state index is 12.2. The van der Waals surface area contributed by atoms with Crippen molar-refractivity contribution in [3.63, 3.8) is 0 Å². The summed E-state index contributed by atoms with van der Waals surface area (Å²) in [4.78, 5) is 33.0. The summed E-state index contributed by atoms with van der Waals surface area (Å²) in [5.74, 6) is -0.753. The molecule has 0 saturated heterocycles. The van der Waals surface area contributed by atoms with Gasteiger partial charge in [0.15, 0.2) is 0 Å². The number of carbonyl (C=O) groups is 2. The molecule has 4 aromatic rings. The maximum Gasteiger partial charge on any atom is 0.380 e. The van der Waals surface area contributed by atoms with E-state index in [0.717, 1.165) is 6.42 Å². The fourth-order valence-electron chi connectivity index (χ4n) is 2.86. The molecule has 196 valence electrons. The van der Waals surface area contributed by atoms with E-state index in [2.05, 4.69) is 50.8 Å². The standard InChI is InChI=1S/C13H16N6O2.C10H9N5O2/c1-2-7-19(8-9-20)13(21)12-17-15-11(16-18-12)10-5-3-4-6-14-10;1-2-17-10(16)9-14-12-8(13-15-9)7-5-3-4-6-11-7/h3-6,20H,2,7-9H2,1H3;3-6H,2H2,1H3. The average Bonchev–Trinajstić information content (AvgIpc) is 2.98. The second kappa shape index (κ2) is 14.6. The van der Waals surface area contributed by atoms with Crippen LogP contribution in [0.3, 0.4) is 0 Å². The van der Waals surface area contributed by atoms with Gasteiger partial charge in [-0.05, 0) is 37.6 Å². The largest absolute Gasteiger partial charge is 0.460 e. The van der Waals surface area contributed by atoms with Gasteiger partial charge >= 0.3 is 5.97 Å². The topological polar surface area (TPSA) is 196 Å². The third kappa shape index (κ3) is 7.79. The van der Waals surface area contributed by atoms with E-state index in [-0.39, 0.29) is 43.1 Å². The predicted octanol–water partition coefficient (Wildman–Crippen LogP) is 0.678. The Bertz CT molecular complexity index is 1270. The van der Waals surface area contributed by atoms with Crippen LogP contribution in [0.5, 0.6) is 0 Å². The van der Waals surface area contributed by atoms with Gasteiger partial charge in [0.1, 0.15) is 11.4 Å². The highest BCUT2D eigenvalue weighted by Crippen LogP contribution is 2.09. The van der Waals surface area contributed by atoms with E-state index in [9.17, 15) is 9.59 Å². The Hall–Kier alpha value is -4.92. The van der Waals surface area contributed by atoms with Gasteiger partial charge in [0.25, 0.3) is 17.6 Å². The second-order valence-electron chi connectivity index (χ2n) is 7.26. The zero-order chi connectivity index (χ0) is 27.2. The summed E-state index contributed by atoms with van der Waals surface area (Å²) in [6.45, 7) is 4.53. The number of aromatic nitrogens is 10. The van der Waals surface area contributed by atoms with Crippen molar-refractivity contribution in [2.24, 2.45) is 0 Å². The normalized spacial score (nSPS) is 10.2. The van der Waals surface area contributed by atoms with Crippen LogP contribution in [0.2, 0.25) is 0 Å². The Morgan fingerprint density at radius 2 is 1.29 bits per heavy atom. The highest BCUT2D eigenvalue weighted by molar-refractivity contribution is 5.90. The second-order valence-corrected chi connectivity index (χ2v) is 7.26. The van der Waals surface area contributed by atoms with Crippen LogP contribution in [0.1, 0.15) is 41.5 Å². The van der Waals surface area contributed by atoms with E-state index in [1.54, 1.807) is 55.7 Å². The van der Waals surface area contributed by atoms with E-state index >= 15 is 0 Å². The summed E-state index contributed by atoms with van der Waals surface area (Å²) in [5, 5.41) is 39.1. The lowest BCUT2D eigenvalue weighted by atomic mass is 10.3. The minimum absolute atomic E-state index is 0.0865. The summed E-state index contributed by atoms with van der Waals surface area (Å²) < 4.78 is 4.71. The number of pyridine rings is 2. The monoisotopic (exact) mass is 519 g/mol. The number of aliphatic hydroxyl groups is 1. The average molecular weight is 520 g/mol. The molecule has 0 saturated carbocycles. The SMILES string of the molecule is CCCN(CCO)C(=O)c1nnc(-c2ccccn2)nn1.CCOC(=O)c1nnc(-c2ccccn2)nn1. The molecule has 4 heterocycles. The summed E-state index contributed by atoms with van der Waals surface area (Å²) in [7, 11) is 0. The minimum atomic E-state index is -0.639. The molecule has 0 aliphatic heterocycles. The number of amides is 1. The van der Waals surface area contributed by atoms with Crippen molar-refractivity contribution in [3.05, 3.63) is 60.4 Å². The van der Waals surface area contributed by atoms with Crippen LogP contribution in [-0.2, 0) is 4.74 Å². The van der Waals surface area contributed by atoms with E-state index in [4.69, 9.17) is 9.84 Å². The summed E-state index contributed by atoms with van der Waals surface area (Å²) in [5.41, 5.74) is 1.08. The van der Waals surface area contributed by atoms with Crippen LogP contribution < -0.4 is 0 Å². The van der Waals surface area contributed by atoms with Gasteiger partial charge in [0.2, 0.25) is 11.6 Å². The number of aliphatic hydroxyl groups excluding tert-OH is 1.